The van der Waals surface area contributed by atoms with Crippen LogP contribution < -0.4 is 5.32 Å². The Balaban J connectivity index is 1.84. The molecule has 1 aromatic carbocycles. The Bertz CT molecular complexity index is 877. The molecule has 1 fully saturated rings. The standard InChI is InChI=1S/C17H19FN2O5S/c1-12(16-3-2-8-25-16)19-17(21)14-11-13(4-5-15(14)18)26(22,23)20-6-9-24-10-7-20/h2-5,8,11-12H,6-7,9-10H2,1H3,(H,19,21)/t12-/m1/s1. The molecule has 0 saturated carbocycles. The lowest BCUT2D eigenvalue weighted by Gasteiger charge is -2.26. The molecule has 0 spiro atoms. The van der Waals surface area contributed by atoms with E-state index in [1.54, 1.807) is 19.1 Å². The molecule has 1 saturated heterocycles. The van der Waals surface area contributed by atoms with E-state index in [4.69, 9.17) is 9.15 Å². The summed E-state index contributed by atoms with van der Waals surface area (Å²) in [6.45, 7) is 2.72. The van der Waals surface area contributed by atoms with Crippen LogP contribution in [-0.4, -0.2) is 44.9 Å². The first-order chi connectivity index (χ1) is 12.4. The number of carbonyl (C=O) groups is 1. The zero-order valence-electron chi connectivity index (χ0n) is 14.1. The predicted molar refractivity (Wildman–Crippen MR) is 90.6 cm³/mol. The maximum absolute atomic E-state index is 14.1. The molecule has 1 aliphatic rings. The van der Waals surface area contributed by atoms with E-state index in [-0.39, 0.29) is 23.5 Å². The molecule has 1 atom stereocenters. The molecular formula is C17H19FN2O5S. The number of rotatable bonds is 5. The minimum Gasteiger partial charge on any atom is -0.467 e. The number of morpholine rings is 1. The highest BCUT2D eigenvalue weighted by atomic mass is 32.2. The minimum absolute atomic E-state index is 0.128. The number of amides is 1. The lowest BCUT2D eigenvalue weighted by Crippen LogP contribution is -2.40. The Hall–Kier alpha value is -2.23. The van der Waals surface area contributed by atoms with Gasteiger partial charge in [-0.05, 0) is 37.3 Å². The van der Waals surface area contributed by atoms with Crippen LogP contribution in [0.15, 0.2) is 45.9 Å². The number of benzene rings is 1. The van der Waals surface area contributed by atoms with Gasteiger partial charge < -0.3 is 14.5 Å². The number of ether oxygens (including phenoxy) is 1. The van der Waals surface area contributed by atoms with Crippen molar-refractivity contribution in [1.29, 1.82) is 0 Å². The molecule has 2 heterocycles. The molecule has 9 heteroatoms. The fraction of sp³-hybridized carbons (Fsp3) is 0.353. The largest absolute Gasteiger partial charge is 0.467 e. The first-order valence-corrected chi connectivity index (χ1v) is 9.55. The van der Waals surface area contributed by atoms with Crippen LogP contribution in [-0.2, 0) is 14.8 Å². The molecule has 0 unspecified atom stereocenters. The van der Waals surface area contributed by atoms with Crippen LogP contribution in [0.5, 0.6) is 0 Å². The van der Waals surface area contributed by atoms with Gasteiger partial charge in [0.05, 0.1) is 36.0 Å². The highest BCUT2D eigenvalue weighted by molar-refractivity contribution is 7.89. The molecule has 0 bridgehead atoms. The number of halogens is 1. The minimum atomic E-state index is -3.82. The second-order valence-electron chi connectivity index (χ2n) is 5.87. The zero-order chi connectivity index (χ0) is 18.7. The molecule has 7 nitrogen and oxygen atoms in total. The topological polar surface area (TPSA) is 88.9 Å². The van der Waals surface area contributed by atoms with Crippen molar-refractivity contribution in [3.63, 3.8) is 0 Å². The molecule has 0 radical (unpaired) electrons. The third kappa shape index (κ3) is 3.79. The van der Waals surface area contributed by atoms with E-state index in [0.717, 1.165) is 18.2 Å². The fourth-order valence-corrected chi connectivity index (χ4v) is 4.09. The van der Waals surface area contributed by atoms with Gasteiger partial charge in [0.1, 0.15) is 11.6 Å². The summed E-state index contributed by atoms with van der Waals surface area (Å²) in [4.78, 5) is 12.3. The van der Waals surface area contributed by atoms with E-state index in [0.29, 0.717) is 19.0 Å². The van der Waals surface area contributed by atoms with E-state index >= 15 is 0 Å². The van der Waals surface area contributed by atoms with Gasteiger partial charge in [0.25, 0.3) is 5.91 Å². The van der Waals surface area contributed by atoms with Crippen LogP contribution in [0.3, 0.4) is 0 Å². The quantitative estimate of drug-likeness (QED) is 0.854. The number of nitrogens with zero attached hydrogens (tertiary/aromatic N) is 1. The van der Waals surface area contributed by atoms with E-state index in [9.17, 15) is 17.6 Å². The van der Waals surface area contributed by atoms with E-state index in [1.807, 2.05) is 0 Å². The summed E-state index contributed by atoms with van der Waals surface area (Å²) in [7, 11) is -3.82. The second kappa shape index (κ2) is 7.56. The Morgan fingerprint density at radius 1 is 1.27 bits per heavy atom. The van der Waals surface area contributed by atoms with E-state index in [2.05, 4.69) is 5.32 Å². The molecule has 3 rings (SSSR count). The zero-order valence-corrected chi connectivity index (χ0v) is 15.0. The first-order valence-electron chi connectivity index (χ1n) is 8.11. The van der Waals surface area contributed by atoms with Crippen molar-refractivity contribution in [3.8, 4) is 0 Å². The summed E-state index contributed by atoms with van der Waals surface area (Å²) in [6, 6.07) is 6.07. The molecule has 1 aromatic heterocycles. The van der Waals surface area contributed by atoms with Crippen LogP contribution in [0.4, 0.5) is 4.39 Å². The average Bonchev–Trinajstić information content (AvgIpc) is 3.17. The smallest absolute Gasteiger partial charge is 0.254 e. The molecule has 140 valence electrons. The van der Waals surface area contributed by atoms with E-state index in [1.165, 1.54) is 10.6 Å². The summed E-state index contributed by atoms with van der Waals surface area (Å²) in [5.74, 6) is -1.00. The molecule has 26 heavy (non-hydrogen) atoms. The maximum atomic E-state index is 14.1. The van der Waals surface area contributed by atoms with Gasteiger partial charge in [-0.3, -0.25) is 4.79 Å². The normalized spacial score (nSPS) is 17.0. The van der Waals surface area contributed by atoms with Crippen LogP contribution in [0.2, 0.25) is 0 Å². The SMILES string of the molecule is C[C@@H](NC(=O)c1cc(S(=O)(=O)N2CCOCC2)ccc1F)c1ccco1. The van der Waals surface area contributed by atoms with Crippen molar-refractivity contribution in [2.75, 3.05) is 26.3 Å². The fourth-order valence-electron chi connectivity index (χ4n) is 2.66. The van der Waals surface area contributed by atoms with Gasteiger partial charge in [0.15, 0.2) is 0 Å². The highest BCUT2D eigenvalue weighted by Gasteiger charge is 2.28. The third-order valence-corrected chi connectivity index (χ3v) is 6.00. The summed E-state index contributed by atoms with van der Waals surface area (Å²) in [5, 5.41) is 2.60. The number of hydrogen-bond acceptors (Lipinski definition) is 5. The van der Waals surface area contributed by atoms with Gasteiger partial charge in [-0.2, -0.15) is 4.31 Å². The Labute approximate surface area is 150 Å². The van der Waals surface area contributed by atoms with Crippen LogP contribution >= 0.6 is 0 Å². The molecule has 1 aliphatic heterocycles. The molecule has 0 aliphatic carbocycles. The Morgan fingerprint density at radius 2 is 2.00 bits per heavy atom. The third-order valence-electron chi connectivity index (χ3n) is 4.11. The lowest BCUT2D eigenvalue weighted by molar-refractivity contribution is 0.0730. The van der Waals surface area contributed by atoms with Gasteiger partial charge in [-0.15, -0.1) is 0 Å². The summed E-state index contributed by atoms with van der Waals surface area (Å²) in [5.41, 5.74) is -0.335. The van der Waals surface area contributed by atoms with Crippen molar-refractivity contribution < 1.29 is 26.8 Å². The van der Waals surface area contributed by atoms with Crippen molar-refractivity contribution in [3.05, 3.63) is 53.7 Å². The number of furan rings is 1. The van der Waals surface area contributed by atoms with Gasteiger partial charge >= 0.3 is 0 Å². The van der Waals surface area contributed by atoms with E-state index < -0.39 is 27.8 Å². The van der Waals surface area contributed by atoms with Crippen LogP contribution in [0.1, 0.15) is 29.1 Å². The van der Waals surface area contributed by atoms with Crippen molar-refractivity contribution in [2.45, 2.75) is 17.9 Å². The first kappa shape index (κ1) is 18.6. The Kier molecular flexibility index (Phi) is 5.40. The average molecular weight is 382 g/mol. The number of carbonyl (C=O) groups excluding carboxylic acids is 1. The molecule has 1 amide bonds. The maximum Gasteiger partial charge on any atom is 0.254 e. The number of nitrogens with one attached hydrogen (secondary N) is 1. The van der Waals surface area contributed by atoms with Gasteiger partial charge in [-0.1, -0.05) is 0 Å². The summed E-state index contributed by atoms with van der Waals surface area (Å²) < 4.78 is 51.1. The van der Waals surface area contributed by atoms with Gasteiger partial charge in [0, 0.05) is 13.1 Å². The van der Waals surface area contributed by atoms with Crippen LogP contribution in [0, 0.1) is 5.82 Å². The monoisotopic (exact) mass is 382 g/mol. The van der Waals surface area contributed by atoms with Crippen molar-refractivity contribution in [2.24, 2.45) is 0 Å². The van der Waals surface area contributed by atoms with Gasteiger partial charge in [-0.25, -0.2) is 12.8 Å². The summed E-state index contributed by atoms with van der Waals surface area (Å²) in [6.07, 6.45) is 1.47. The number of sulfonamides is 1. The van der Waals surface area contributed by atoms with Gasteiger partial charge in [0.2, 0.25) is 10.0 Å². The summed E-state index contributed by atoms with van der Waals surface area (Å²) >= 11 is 0. The Morgan fingerprint density at radius 3 is 2.65 bits per heavy atom. The molecular weight excluding hydrogens is 363 g/mol. The second-order valence-corrected chi connectivity index (χ2v) is 7.81. The lowest BCUT2D eigenvalue weighted by atomic mass is 10.1. The van der Waals surface area contributed by atoms with Crippen molar-refractivity contribution >= 4 is 15.9 Å². The van der Waals surface area contributed by atoms with Crippen molar-refractivity contribution in [1.82, 2.24) is 9.62 Å². The van der Waals surface area contributed by atoms with Crippen LogP contribution in [0.25, 0.3) is 0 Å². The predicted octanol–water partition coefficient (Wildman–Crippen LogP) is 1.93. The highest BCUT2D eigenvalue weighted by Crippen LogP contribution is 2.21. The number of hydrogen-bond donors (Lipinski definition) is 1. The molecule has 1 N–H and O–H groups in total. The molecule has 2 aromatic rings.